The molecule has 0 fully saturated rings. The minimum absolute atomic E-state index is 0.136. The first-order valence-electron chi connectivity index (χ1n) is 6.16. The minimum atomic E-state index is -0.136. The standard InChI is InChI=1S/C13H18N4O2/c1-9(2)11-5-10(19-15-11)6-17(4)13(18)12-7-16(3)8-14-12/h5,7-9H,6H2,1-4H3. The quantitative estimate of drug-likeness (QED) is 0.842. The minimum Gasteiger partial charge on any atom is -0.359 e. The zero-order valence-corrected chi connectivity index (χ0v) is 11.6. The van der Waals surface area contributed by atoms with E-state index in [2.05, 4.69) is 10.1 Å². The molecule has 0 aliphatic heterocycles. The van der Waals surface area contributed by atoms with E-state index < -0.39 is 0 Å². The Bertz CT molecular complexity index is 571. The molecule has 0 radical (unpaired) electrons. The molecule has 2 rings (SSSR count). The van der Waals surface area contributed by atoms with Gasteiger partial charge in [-0.1, -0.05) is 19.0 Å². The van der Waals surface area contributed by atoms with E-state index >= 15 is 0 Å². The maximum Gasteiger partial charge on any atom is 0.274 e. The van der Waals surface area contributed by atoms with Gasteiger partial charge in [0, 0.05) is 26.4 Å². The molecule has 2 aromatic heterocycles. The van der Waals surface area contributed by atoms with Crippen molar-refractivity contribution in [1.82, 2.24) is 19.6 Å². The van der Waals surface area contributed by atoms with Crippen LogP contribution in [0, 0.1) is 0 Å². The van der Waals surface area contributed by atoms with Crippen LogP contribution in [0.1, 0.15) is 41.7 Å². The van der Waals surface area contributed by atoms with Crippen molar-refractivity contribution < 1.29 is 9.32 Å². The summed E-state index contributed by atoms with van der Waals surface area (Å²) in [5.74, 6) is 0.855. The predicted molar refractivity (Wildman–Crippen MR) is 69.6 cm³/mol. The molecule has 0 unspecified atom stereocenters. The van der Waals surface area contributed by atoms with Crippen LogP contribution in [0.5, 0.6) is 0 Å². The van der Waals surface area contributed by atoms with Crippen LogP contribution in [0.25, 0.3) is 0 Å². The average Bonchev–Trinajstić information content (AvgIpc) is 2.97. The molecule has 0 spiro atoms. The summed E-state index contributed by atoms with van der Waals surface area (Å²) in [6.07, 6.45) is 3.30. The van der Waals surface area contributed by atoms with Crippen molar-refractivity contribution in [2.45, 2.75) is 26.3 Å². The molecule has 6 heteroatoms. The highest BCUT2D eigenvalue weighted by Crippen LogP contribution is 2.15. The van der Waals surface area contributed by atoms with Gasteiger partial charge in [0.1, 0.15) is 5.69 Å². The van der Waals surface area contributed by atoms with Crippen LogP contribution in [0.3, 0.4) is 0 Å². The average molecular weight is 262 g/mol. The number of imidazole rings is 1. The molecule has 0 N–H and O–H groups in total. The van der Waals surface area contributed by atoms with Gasteiger partial charge in [-0.25, -0.2) is 4.98 Å². The Hall–Kier alpha value is -2.11. The number of hydrogen-bond donors (Lipinski definition) is 0. The van der Waals surface area contributed by atoms with E-state index in [9.17, 15) is 4.79 Å². The fourth-order valence-corrected chi connectivity index (χ4v) is 1.70. The molecule has 0 saturated carbocycles. The zero-order chi connectivity index (χ0) is 14.0. The molecule has 1 amide bonds. The van der Waals surface area contributed by atoms with Crippen LogP contribution in [-0.4, -0.2) is 32.6 Å². The summed E-state index contributed by atoms with van der Waals surface area (Å²) < 4.78 is 6.96. The summed E-state index contributed by atoms with van der Waals surface area (Å²) in [6, 6.07) is 1.88. The topological polar surface area (TPSA) is 64.2 Å². The molecule has 6 nitrogen and oxygen atoms in total. The SMILES string of the molecule is CC(C)c1cc(CN(C)C(=O)c2cn(C)cn2)on1. The van der Waals surface area contributed by atoms with Crippen molar-refractivity contribution in [2.24, 2.45) is 7.05 Å². The number of amides is 1. The number of nitrogens with zero attached hydrogens (tertiary/aromatic N) is 4. The zero-order valence-electron chi connectivity index (χ0n) is 11.6. The van der Waals surface area contributed by atoms with Crippen molar-refractivity contribution in [3.63, 3.8) is 0 Å². The van der Waals surface area contributed by atoms with E-state index in [1.54, 1.807) is 29.0 Å². The van der Waals surface area contributed by atoms with E-state index in [-0.39, 0.29) is 5.91 Å². The second-order valence-electron chi connectivity index (χ2n) is 4.96. The number of rotatable bonds is 4. The number of hydrogen-bond acceptors (Lipinski definition) is 4. The molecular weight excluding hydrogens is 244 g/mol. The van der Waals surface area contributed by atoms with E-state index in [0.717, 1.165) is 5.69 Å². The first kappa shape index (κ1) is 13.3. The van der Waals surface area contributed by atoms with Crippen molar-refractivity contribution >= 4 is 5.91 Å². The van der Waals surface area contributed by atoms with Crippen molar-refractivity contribution in [1.29, 1.82) is 0 Å². The van der Waals surface area contributed by atoms with E-state index in [4.69, 9.17) is 4.52 Å². The molecule has 0 aromatic carbocycles. The molecule has 2 aromatic rings. The lowest BCUT2D eigenvalue weighted by Gasteiger charge is -2.13. The Kier molecular flexibility index (Phi) is 3.69. The Morgan fingerprint density at radius 2 is 2.26 bits per heavy atom. The summed E-state index contributed by atoms with van der Waals surface area (Å²) in [5.41, 5.74) is 1.32. The number of carbonyl (C=O) groups is 1. The molecule has 0 atom stereocenters. The Morgan fingerprint density at radius 1 is 1.53 bits per heavy atom. The van der Waals surface area contributed by atoms with E-state index in [1.165, 1.54) is 0 Å². The van der Waals surface area contributed by atoms with Crippen LogP contribution in [-0.2, 0) is 13.6 Å². The first-order valence-corrected chi connectivity index (χ1v) is 6.16. The summed E-state index contributed by atoms with van der Waals surface area (Å²) in [4.78, 5) is 17.7. The Morgan fingerprint density at radius 3 is 2.79 bits per heavy atom. The molecule has 0 aliphatic rings. The fraction of sp³-hybridized carbons (Fsp3) is 0.462. The number of aryl methyl sites for hydroxylation is 1. The van der Waals surface area contributed by atoms with Gasteiger partial charge in [0.05, 0.1) is 18.6 Å². The molecule has 19 heavy (non-hydrogen) atoms. The number of aromatic nitrogens is 3. The van der Waals surface area contributed by atoms with Gasteiger partial charge in [0.2, 0.25) is 0 Å². The third-order valence-corrected chi connectivity index (χ3v) is 2.83. The van der Waals surface area contributed by atoms with Gasteiger partial charge in [-0.15, -0.1) is 0 Å². The highest BCUT2D eigenvalue weighted by molar-refractivity contribution is 5.91. The summed E-state index contributed by atoms with van der Waals surface area (Å²) in [5, 5.41) is 3.97. The monoisotopic (exact) mass is 262 g/mol. The lowest BCUT2D eigenvalue weighted by atomic mass is 10.1. The number of carbonyl (C=O) groups excluding carboxylic acids is 1. The van der Waals surface area contributed by atoms with Gasteiger partial charge in [-0.05, 0) is 5.92 Å². The summed E-state index contributed by atoms with van der Waals surface area (Å²) >= 11 is 0. The second kappa shape index (κ2) is 5.26. The second-order valence-corrected chi connectivity index (χ2v) is 4.96. The van der Waals surface area contributed by atoms with Crippen LogP contribution < -0.4 is 0 Å². The molecule has 102 valence electrons. The van der Waals surface area contributed by atoms with Gasteiger partial charge in [-0.2, -0.15) is 0 Å². The van der Waals surface area contributed by atoms with Gasteiger partial charge in [-0.3, -0.25) is 4.79 Å². The lowest BCUT2D eigenvalue weighted by Crippen LogP contribution is -2.26. The summed E-state index contributed by atoms with van der Waals surface area (Å²) in [6.45, 7) is 4.48. The van der Waals surface area contributed by atoms with Crippen molar-refractivity contribution in [3.05, 3.63) is 35.7 Å². The summed E-state index contributed by atoms with van der Waals surface area (Å²) in [7, 11) is 3.55. The molecule has 0 aliphatic carbocycles. The molecule has 0 saturated heterocycles. The molecular formula is C13H18N4O2. The fourth-order valence-electron chi connectivity index (χ4n) is 1.70. The maximum absolute atomic E-state index is 12.1. The Balaban J connectivity index is 2.03. The van der Waals surface area contributed by atoms with Crippen LogP contribution in [0.15, 0.2) is 23.1 Å². The van der Waals surface area contributed by atoms with Gasteiger partial charge >= 0.3 is 0 Å². The van der Waals surface area contributed by atoms with Gasteiger partial charge in [0.25, 0.3) is 5.91 Å². The third kappa shape index (κ3) is 3.01. The highest BCUT2D eigenvalue weighted by Gasteiger charge is 2.17. The highest BCUT2D eigenvalue weighted by atomic mass is 16.5. The third-order valence-electron chi connectivity index (χ3n) is 2.83. The van der Waals surface area contributed by atoms with E-state index in [1.807, 2.05) is 27.0 Å². The molecule has 0 bridgehead atoms. The smallest absolute Gasteiger partial charge is 0.274 e. The lowest BCUT2D eigenvalue weighted by molar-refractivity contribution is 0.0767. The van der Waals surface area contributed by atoms with Crippen LogP contribution in [0.4, 0.5) is 0 Å². The van der Waals surface area contributed by atoms with Gasteiger partial charge in [0.15, 0.2) is 5.76 Å². The predicted octanol–water partition coefficient (Wildman–Crippen LogP) is 1.80. The largest absolute Gasteiger partial charge is 0.359 e. The van der Waals surface area contributed by atoms with Crippen LogP contribution >= 0.6 is 0 Å². The first-order chi connectivity index (χ1) is 8.97. The van der Waals surface area contributed by atoms with Gasteiger partial charge < -0.3 is 14.0 Å². The van der Waals surface area contributed by atoms with E-state index in [0.29, 0.717) is 23.9 Å². The van der Waals surface area contributed by atoms with Crippen molar-refractivity contribution in [3.8, 4) is 0 Å². The molecule has 2 heterocycles. The maximum atomic E-state index is 12.1. The normalized spacial score (nSPS) is 11.0. The Labute approximate surface area is 112 Å². The van der Waals surface area contributed by atoms with Crippen molar-refractivity contribution in [2.75, 3.05) is 7.05 Å². The van der Waals surface area contributed by atoms with Crippen LogP contribution in [0.2, 0.25) is 0 Å².